The number of rotatable bonds is 4. The van der Waals surface area contributed by atoms with Crippen molar-refractivity contribution in [3.8, 4) is 5.75 Å². The number of fused-ring (bicyclic) bond motifs is 1. The quantitative estimate of drug-likeness (QED) is 0.865. The van der Waals surface area contributed by atoms with E-state index in [1.54, 1.807) is 6.07 Å². The third-order valence-electron chi connectivity index (χ3n) is 4.83. The number of carbonyl (C=O) groups excluding carboxylic acids is 2. The van der Waals surface area contributed by atoms with Gasteiger partial charge in [0.15, 0.2) is 6.61 Å². The third kappa shape index (κ3) is 3.76. The Hall–Kier alpha value is -2.56. The van der Waals surface area contributed by atoms with E-state index >= 15 is 0 Å². The summed E-state index contributed by atoms with van der Waals surface area (Å²) in [5.41, 5.74) is 0.0807. The zero-order valence-electron chi connectivity index (χ0n) is 14.4. The highest BCUT2D eigenvalue weighted by molar-refractivity contribution is 5.99. The number of esters is 1. The molecule has 25 heavy (non-hydrogen) atoms. The summed E-state index contributed by atoms with van der Waals surface area (Å²) >= 11 is 0. The summed E-state index contributed by atoms with van der Waals surface area (Å²) in [6.07, 6.45) is 4.03. The van der Waals surface area contributed by atoms with Crippen molar-refractivity contribution in [3.63, 3.8) is 0 Å². The van der Waals surface area contributed by atoms with E-state index in [1.165, 1.54) is 6.07 Å². The fraction of sp³-hybridized carbons (Fsp3) is 0.400. The van der Waals surface area contributed by atoms with Crippen LogP contribution in [0.3, 0.4) is 0 Å². The van der Waals surface area contributed by atoms with Gasteiger partial charge >= 0.3 is 5.97 Å². The molecule has 1 aliphatic rings. The van der Waals surface area contributed by atoms with E-state index in [9.17, 15) is 14.7 Å². The minimum Gasteiger partial charge on any atom is -0.507 e. The fourth-order valence-corrected chi connectivity index (χ4v) is 3.43. The van der Waals surface area contributed by atoms with Gasteiger partial charge in [-0.3, -0.25) is 4.79 Å². The van der Waals surface area contributed by atoms with Crippen molar-refractivity contribution in [2.24, 2.45) is 0 Å². The summed E-state index contributed by atoms with van der Waals surface area (Å²) in [7, 11) is 0. The highest BCUT2D eigenvalue weighted by Gasteiger charge is 2.26. The number of hydrogen-bond acceptors (Lipinski definition) is 4. The van der Waals surface area contributed by atoms with Crippen LogP contribution in [0.1, 0.15) is 43.0 Å². The van der Waals surface area contributed by atoms with Gasteiger partial charge in [-0.2, -0.15) is 0 Å². The highest BCUT2D eigenvalue weighted by atomic mass is 16.5. The van der Waals surface area contributed by atoms with Crippen LogP contribution in [-0.4, -0.2) is 41.1 Å². The van der Waals surface area contributed by atoms with Crippen molar-refractivity contribution in [2.75, 3.05) is 13.2 Å². The van der Waals surface area contributed by atoms with Crippen molar-refractivity contribution in [3.05, 3.63) is 42.0 Å². The van der Waals surface area contributed by atoms with Gasteiger partial charge in [0.25, 0.3) is 5.91 Å². The number of nitrogens with zero attached hydrogens (tertiary/aromatic N) is 1. The van der Waals surface area contributed by atoms with Crippen LogP contribution >= 0.6 is 0 Å². The van der Waals surface area contributed by atoms with Crippen LogP contribution in [0, 0.1) is 0 Å². The molecule has 1 saturated heterocycles. The number of piperidine rings is 1. The fourth-order valence-electron chi connectivity index (χ4n) is 3.43. The van der Waals surface area contributed by atoms with Crippen LogP contribution in [0.2, 0.25) is 0 Å². The topological polar surface area (TPSA) is 66.8 Å². The van der Waals surface area contributed by atoms with Crippen molar-refractivity contribution < 1.29 is 19.4 Å². The van der Waals surface area contributed by atoms with E-state index in [-0.39, 0.29) is 29.9 Å². The highest BCUT2D eigenvalue weighted by Crippen LogP contribution is 2.26. The minimum atomic E-state index is -0.679. The molecule has 0 radical (unpaired) electrons. The first kappa shape index (κ1) is 17.3. The Morgan fingerprint density at radius 1 is 1.20 bits per heavy atom. The van der Waals surface area contributed by atoms with Crippen molar-refractivity contribution in [1.82, 2.24) is 4.90 Å². The first-order valence-electron chi connectivity index (χ1n) is 8.78. The Labute approximate surface area is 147 Å². The predicted octanol–water partition coefficient (Wildman–Crippen LogP) is 3.49. The van der Waals surface area contributed by atoms with E-state index in [4.69, 9.17) is 4.74 Å². The van der Waals surface area contributed by atoms with E-state index in [1.807, 2.05) is 29.2 Å². The van der Waals surface area contributed by atoms with Gasteiger partial charge < -0.3 is 14.7 Å². The summed E-state index contributed by atoms with van der Waals surface area (Å²) in [6.45, 7) is 2.49. The van der Waals surface area contributed by atoms with E-state index in [0.717, 1.165) is 43.0 Å². The molecule has 132 valence electrons. The zero-order valence-corrected chi connectivity index (χ0v) is 14.4. The Morgan fingerprint density at radius 2 is 1.92 bits per heavy atom. The Morgan fingerprint density at radius 3 is 2.64 bits per heavy atom. The number of aromatic hydroxyl groups is 1. The molecule has 5 heteroatoms. The smallest absolute Gasteiger partial charge is 0.342 e. The van der Waals surface area contributed by atoms with Crippen LogP contribution in [0.5, 0.6) is 5.75 Å². The molecule has 0 aliphatic carbocycles. The molecule has 1 amide bonds. The van der Waals surface area contributed by atoms with Gasteiger partial charge in [0.05, 0.1) is 0 Å². The molecule has 3 rings (SSSR count). The second-order valence-corrected chi connectivity index (χ2v) is 6.44. The number of amides is 1. The number of likely N-dealkylation sites (tertiary alicyclic amines) is 1. The maximum absolute atomic E-state index is 12.4. The maximum atomic E-state index is 12.4. The molecule has 2 aromatic rings. The maximum Gasteiger partial charge on any atom is 0.342 e. The molecule has 5 nitrogen and oxygen atoms in total. The number of hydrogen-bond donors (Lipinski definition) is 1. The van der Waals surface area contributed by atoms with Crippen molar-refractivity contribution >= 4 is 22.6 Å². The lowest BCUT2D eigenvalue weighted by Crippen LogP contribution is -2.45. The lowest BCUT2D eigenvalue weighted by atomic mass is 10.00. The Kier molecular flexibility index (Phi) is 5.22. The monoisotopic (exact) mass is 341 g/mol. The minimum absolute atomic E-state index is 0.0807. The van der Waals surface area contributed by atoms with E-state index < -0.39 is 5.97 Å². The summed E-state index contributed by atoms with van der Waals surface area (Å²) in [5, 5.41) is 11.8. The average molecular weight is 341 g/mol. The molecular weight excluding hydrogens is 318 g/mol. The molecule has 0 spiro atoms. The second-order valence-electron chi connectivity index (χ2n) is 6.44. The molecule has 1 N–H and O–H groups in total. The van der Waals surface area contributed by atoms with E-state index in [0.29, 0.717) is 0 Å². The lowest BCUT2D eigenvalue weighted by molar-refractivity contribution is -0.138. The zero-order chi connectivity index (χ0) is 17.8. The van der Waals surface area contributed by atoms with Crippen LogP contribution in [0.4, 0.5) is 0 Å². The summed E-state index contributed by atoms with van der Waals surface area (Å²) in [6, 6.07) is 10.8. The van der Waals surface area contributed by atoms with Gasteiger partial charge in [0.1, 0.15) is 11.3 Å². The average Bonchev–Trinajstić information content (AvgIpc) is 2.65. The van der Waals surface area contributed by atoms with Crippen molar-refractivity contribution in [2.45, 2.75) is 38.6 Å². The molecule has 0 saturated carbocycles. The third-order valence-corrected chi connectivity index (χ3v) is 4.83. The SMILES string of the molecule is CC[C@H]1CCCCN1C(=O)COC(=O)c1cc2ccccc2cc1O. The van der Waals surface area contributed by atoms with Crippen LogP contribution in [-0.2, 0) is 9.53 Å². The first-order chi connectivity index (χ1) is 12.1. The number of phenols is 1. The standard InChI is InChI=1S/C20H23NO4/c1-2-16-9-5-6-10-21(16)19(23)13-25-20(24)17-11-14-7-3-4-8-15(14)12-18(17)22/h3-4,7-8,11-12,16,22H,2,5-6,9-10,13H2,1H3/t16-/m0/s1. The molecule has 0 aromatic heterocycles. The van der Waals surface area contributed by atoms with Gasteiger partial charge in [0.2, 0.25) is 0 Å². The lowest BCUT2D eigenvalue weighted by Gasteiger charge is -2.35. The first-order valence-corrected chi connectivity index (χ1v) is 8.78. The number of carbonyl (C=O) groups is 2. The molecule has 0 bridgehead atoms. The summed E-state index contributed by atoms with van der Waals surface area (Å²) in [4.78, 5) is 26.5. The summed E-state index contributed by atoms with van der Waals surface area (Å²) < 4.78 is 5.18. The Balaban J connectivity index is 1.68. The van der Waals surface area contributed by atoms with Crippen molar-refractivity contribution in [1.29, 1.82) is 0 Å². The largest absolute Gasteiger partial charge is 0.507 e. The van der Waals surface area contributed by atoms with Gasteiger partial charge in [0, 0.05) is 12.6 Å². The molecule has 1 atom stereocenters. The number of ether oxygens (including phenoxy) is 1. The molecule has 1 fully saturated rings. The molecule has 0 unspecified atom stereocenters. The number of phenolic OH excluding ortho intramolecular Hbond substituents is 1. The van der Waals surface area contributed by atoms with Crippen LogP contribution in [0.25, 0.3) is 10.8 Å². The normalized spacial score (nSPS) is 17.5. The van der Waals surface area contributed by atoms with Gasteiger partial charge in [-0.05, 0) is 48.6 Å². The van der Waals surface area contributed by atoms with Crippen LogP contribution in [0.15, 0.2) is 36.4 Å². The Bertz CT molecular complexity index is 786. The van der Waals surface area contributed by atoms with Gasteiger partial charge in [-0.25, -0.2) is 4.79 Å². The van der Waals surface area contributed by atoms with Crippen LogP contribution < -0.4 is 0 Å². The molecule has 1 aliphatic heterocycles. The molecular formula is C20H23NO4. The van der Waals surface area contributed by atoms with Gasteiger partial charge in [-0.1, -0.05) is 31.2 Å². The summed E-state index contributed by atoms with van der Waals surface area (Å²) in [5.74, 6) is -0.984. The predicted molar refractivity (Wildman–Crippen MR) is 95.5 cm³/mol. The molecule has 1 heterocycles. The van der Waals surface area contributed by atoms with E-state index in [2.05, 4.69) is 6.92 Å². The molecule has 2 aromatic carbocycles. The number of benzene rings is 2. The second kappa shape index (κ2) is 7.55. The van der Waals surface area contributed by atoms with Gasteiger partial charge in [-0.15, -0.1) is 0 Å².